The molecule has 5 nitrogen and oxygen atoms in total. The van der Waals surface area contributed by atoms with Crippen molar-refractivity contribution >= 4 is 5.91 Å². The normalized spacial score (nSPS) is 35.3. The van der Waals surface area contributed by atoms with Gasteiger partial charge in [-0.2, -0.15) is 0 Å². The number of nitrogens with one attached hydrogen (secondary N) is 2. The zero-order valence-corrected chi connectivity index (χ0v) is 15.7. The van der Waals surface area contributed by atoms with Crippen molar-refractivity contribution in [1.82, 2.24) is 15.5 Å². The van der Waals surface area contributed by atoms with Crippen LogP contribution in [0.1, 0.15) is 46.5 Å². The van der Waals surface area contributed by atoms with E-state index in [2.05, 4.69) is 36.3 Å². The molecule has 1 heterocycles. The number of hydrogen-bond donors (Lipinski definition) is 2. The molecule has 5 heteroatoms. The SMILES string of the molecule is CC1(C)C2CCC(C2)C1(C)NC(=O)CNCCCN1CCOCC1. The summed E-state index contributed by atoms with van der Waals surface area (Å²) >= 11 is 0. The van der Waals surface area contributed by atoms with Gasteiger partial charge in [0, 0.05) is 18.6 Å². The Morgan fingerprint density at radius 2 is 1.88 bits per heavy atom. The Balaban J connectivity index is 1.35. The molecule has 0 aromatic rings. The van der Waals surface area contributed by atoms with Crippen LogP contribution in [0.4, 0.5) is 0 Å². The molecule has 24 heavy (non-hydrogen) atoms. The van der Waals surface area contributed by atoms with Gasteiger partial charge in [0.15, 0.2) is 0 Å². The van der Waals surface area contributed by atoms with Crippen LogP contribution < -0.4 is 10.6 Å². The third-order valence-corrected chi connectivity index (χ3v) is 7.22. The summed E-state index contributed by atoms with van der Waals surface area (Å²) in [5.41, 5.74) is 0.171. The first-order valence-electron chi connectivity index (χ1n) is 9.75. The van der Waals surface area contributed by atoms with Crippen LogP contribution in [0.3, 0.4) is 0 Å². The van der Waals surface area contributed by atoms with Gasteiger partial charge in [-0.1, -0.05) is 13.8 Å². The van der Waals surface area contributed by atoms with Crippen LogP contribution in [0.5, 0.6) is 0 Å². The maximum absolute atomic E-state index is 12.4. The minimum absolute atomic E-state index is 0.0392. The van der Waals surface area contributed by atoms with E-state index in [1.165, 1.54) is 19.3 Å². The van der Waals surface area contributed by atoms with Crippen molar-refractivity contribution in [1.29, 1.82) is 0 Å². The first kappa shape index (κ1) is 18.2. The van der Waals surface area contributed by atoms with Gasteiger partial charge in [-0.25, -0.2) is 0 Å². The number of carbonyl (C=O) groups is 1. The number of morpholine rings is 1. The molecule has 138 valence electrons. The highest BCUT2D eigenvalue weighted by Crippen LogP contribution is 2.61. The fraction of sp³-hybridized carbons (Fsp3) is 0.947. The van der Waals surface area contributed by atoms with Crippen LogP contribution in [0.25, 0.3) is 0 Å². The van der Waals surface area contributed by atoms with Gasteiger partial charge >= 0.3 is 0 Å². The molecule has 3 aliphatic rings. The Morgan fingerprint density at radius 3 is 2.54 bits per heavy atom. The Bertz CT molecular complexity index is 448. The van der Waals surface area contributed by atoms with Crippen LogP contribution in [-0.4, -0.2) is 62.3 Å². The van der Waals surface area contributed by atoms with E-state index in [0.29, 0.717) is 12.5 Å². The lowest BCUT2D eigenvalue weighted by atomic mass is 9.64. The molecule has 2 bridgehead atoms. The van der Waals surface area contributed by atoms with Crippen molar-refractivity contribution in [3.05, 3.63) is 0 Å². The summed E-state index contributed by atoms with van der Waals surface area (Å²) < 4.78 is 5.36. The van der Waals surface area contributed by atoms with E-state index in [1.807, 2.05) is 0 Å². The van der Waals surface area contributed by atoms with E-state index in [-0.39, 0.29) is 16.9 Å². The smallest absolute Gasteiger partial charge is 0.234 e. The van der Waals surface area contributed by atoms with E-state index in [4.69, 9.17) is 4.74 Å². The summed E-state index contributed by atoms with van der Waals surface area (Å²) in [6.45, 7) is 13.2. The van der Waals surface area contributed by atoms with Crippen molar-refractivity contribution in [2.45, 2.75) is 52.0 Å². The Hall–Kier alpha value is -0.650. The molecule has 2 N–H and O–H groups in total. The van der Waals surface area contributed by atoms with Gasteiger partial charge < -0.3 is 15.4 Å². The third-order valence-electron chi connectivity index (χ3n) is 7.22. The van der Waals surface area contributed by atoms with E-state index >= 15 is 0 Å². The molecule has 1 amide bonds. The predicted molar refractivity (Wildman–Crippen MR) is 95.9 cm³/mol. The number of nitrogens with zero attached hydrogens (tertiary/aromatic N) is 1. The summed E-state index contributed by atoms with van der Waals surface area (Å²) in [5.74, 6) is 1.58. The molecule has 3 atom stereocenters. The summed E-state index contributed by atoms with van der Waals surface area (Å²) in [7, 11) is 0. The summed E-state index contributed by atoms with van der Waals surface area (Å²) in [6, 6.07) is 0. The first-order valence-corrected chi connectivity index (χ1v) is 9.75. The molecule has 2 saturated carbocycles. The first-order chi connectivity index (χ1) is 11.4. The van der Waals surface area contributed by atoms with E-state index < -0.39 is 0 Å². The summed E-state index contributed by atoms with van der Waals surface area (Å²) in [4.78, 5) is 14.9. The van der Waals surface area contributed by atoms with Gasteiger partial charge in [0.25, 0.3) is 0 Å². The van der Waals surface area contributed by atoms with Crippen LogP contribution in [0, 0.1) is 17.3 Å². The van der Waals surface area contributed by atoms with Crippen LogP contribution in [-0.2, 0) is 9.53 Å². The maximum atomic E-state index is 12.4. The molecule has 0 spiro atoms. The van der Waals surface area contributed by atoms with Gasteiger partial charge in [0.05, 0.1) is 19.8 Å². The monoisotopic (exact) mass is 337 g/mol. The second kappa shape index (κ2) is 7.30. The van der Waals surface area contributed by atoms with Crippen molar-refractivity contribution in [2.75, 3.05) is 45.9 Å². The highest BCUT2D eigenvalue weighted by Gasteiger charge is 2.60. The van der Waals surface area contributed by atoms with Gasteiger partial charge in [0.2, 0.25) is 5.91 Å². The quantitative estimate of drug-likeness (QED) is 0.694. The standard InChI is InChI=1S/C19H35N3O2/c1-18(2)15-5-6-16(13-15)19(18,3)21-17(23)14-20-7-4-8-22-9-11-24-12-10-22/h15-16,20H,4-14H2,1-3H3,(H,21,23). The molecular formula is C19H35N3O2. The Morgan fingerprint density at radius 1 is 1.17 bits per heavy atom. The molecule has 0 aromatic heterocycles. The fourth-order valence-electron chi connectivity index (χ4n) is 5.16. The average molecular weight is 338 g/mol. The van der Waals surface area contributed by atoms with Crippen molar-refractivity contribution in [3.63, 3.8) is 0 Å². The molecule has 3 rings (SSSR count). The number of rotatable bonds is 7. The second-order valence-corrected chi connectivity index (χ2v) is 8.66. The van der Waals surface area contributed by atoms with Gasteiger partial charge in [-0.3, -0.25) is 9.69 Å². The maximum Gasteiger partial charge on any atom is 0.234 e. The number of ether oxygens (including phenoxy) is 1. The average Bonchev–Trinajstić information content (AvgIpc) is 3.11. The van der Waals surface area contributed by atoms with Crippen molar-refractivity contribution in [3.8, 4) is 0 Å². The minimum Gasteiger partial charge on any atom is -0.379 e. The van der Waals surface area contributed by atoms with E-state index in [0.717, 1.165) is 51.7 Å². The molecule has 3 unspecified atom stereocenters. The highest BCUT2D eigenvalue weighted by molar-refractivity contribution is 5.79. The van der Waals surface area contributed by atoms with Gasteiger partial charge in [0.1, 0.15) is 0 Å². The van der Waals surface area contributed by atoms with Crippen LogP contribution >= 0.6 is 0 Å². The van der Waals surface area contributed by atoms with E-state index in [9.17, 15) is 4.79 Å². The zero-order valence-electron chi connectivity index (χ0n) is 15.7. The van der Waals surface area contributed by atoms with E-state index in [1.54, 1.807) is 0 Å². The second-order valence-electron chi connectivity index (χ2n) is 8.66. The largest absolute Gasteiger partial charge is 0.379 e. The number of fused-ring (bicyclic) bond motifs is 2. The lowest BCUT2D eigenvalue weighted by Crippen LogP contribution is -2.60. The van der Waals surface area contributed by atoms with Gasteiger partial charge in [-0.15, -0.1) is 0 Å². The lowest BCUT2D eigenvalue weighted by molar-refractivity contribution is -0.124. The number of amides is 1. The molecular weight excluding hydrogens is 302 g/mol. The third kappa shape index (κ3) is 3.49. The fourth-order valence-corrected chi connectivity index (χ4v) is 5.16. The van der Waals surface area contributed by atoms with Crippen molar-refractivity contribution < 1.29 is 9.53 Å². The Kier molecular flexibility index (Phi) is 5.52. The topological polar surface area (TPSA) is 53.6 Å². The number of hydrogen-bond acceptors (Lipinski definition) is 4. The van der Waals surface area contributed by atoms with Gasteiger partial charge in [-0.05, 0) is 62.9 Å². The van der Waals surface area contributed by atoms with Crippen LogP contribution in [0.2, 0.25) is 0 Å². The molecule has 1 saturated heterocycles. The van der Waals surface area contributed by atoms with Crippen molar-refractivity contribution in [2.24, 2.45) is 17.3 Å². The zero-order chi connectivity index (χ0) is 17.2. The van der Waals surface area contributed by atoms with Crippen LogP contribution in [0.15, 0.2) is 0 Å². The molecule has 2 aliphatic carbocycles. The molecule has 0 aromatic carbocycles. The molecule has 1 aliphatic heterocycles. The highest BCUT2D eigenvalue weighted by atomic mass is 16.5. The molecule has 0 radical (unpaired) electrons. The number of carbonyl (C=O) groups excluding carboxylic acids is 1. The minimum atomic E-state index is -0.0392. The lowest BCUT2D eigenvalue weighted by Gasteiger charge is -2.48. The molecule has 3 fully saturated rings. The summed E-state index contributed by atoms with van der Waals surface area (Å²) in [5, 5.41) is 6.71. The predicted octanol–water partition coefficient (Wildman–Crippen LogP) is 1.63. The Labute approximate surface area is 146 Å². The summed E-state index contributed by atoms with van der Waals surface area (Å²) in [6.07, 6.45) is 4.98.